The number of amides is 1. The summed E-state index contributed by atoms with van der Waals surface area (Å²) in [6, 6.07) is 5.04. The van der Waals surface area contributed by atoms with Gasteiger partial charge in [0.15, 0.2) is 0 Å². The largest absolute Gasteiger partial charge is 0.496 e. The molecule has 0 aliphatic rings. The zero-order valence-corrected chi connectivity index (χ0v) is 11.8. The molecule has 0 aliphatic heterocycles. The van der Waals surface area contributed by atoms with Crippen LogP contribution in [-0.2, 0) is 20.7 Å². The highest BCUT2D eigenvalue weighted by atomic mass is 35.5. The summed E-state index contributed by atoms with van der Waals surface area (Å²) in [5, 5.41) is 11.5. The summed E-state index contributed by atoms with van der Waals surface area (Å²) in [5.41, 5.74) is 0.684. The van der Waals surface area contributed by atoms with E-state index in [1.165, 1.54) is 7.11 Å². The SMILES string of the molecule is COc1ccc(Cl)cc1CC(=O)NCCOCC(=O)O. The second kappa shape index (κ2) is 8.39. The van der Waals surface area contributed by atoms with Crippen LogP contribution in [0.3, 0.4) is 0 Å². The number of carboxylic acids is 1. The van der Waals surface area contributed by atoms with Gasteiger partial charge in [0.05, 0.1) is 20.1 Å². The zero-order chi connectivity index (χ0) is 15.0. The third-order valence-corrected chi connectivity index (χ3v) is 2.62. The summed E-state index contributed by atoms with van der Waals surface area (Å²) < 4.78 is 9.94. The minimum atomic E-state index is -1.04. The predicted molar refractivity (Wildman–Crippen MR) is 73.2 cm³/mol. The third kappa shape index (κ3) is 5.90. The van der Waals surface area contributed by atoms with E-state index < -0.39 is 5.97 Å². The highest BCUT2D eigenvalue weighted by Gasteiger charge is 2.09. The van der Waals surface area contributed by atoms with Crippen molar-refractivity contribution in [1.29, 1.82) is 0 Å². The summed E-state index contributed by atoms with van der Waals surface area (Å²) >= 11 is 5.87. The van der Waals surface area contributed by atoms with Crippen LogP contribution in [0, 0.1) is 0 Å². The zero-order valence-electron chi connectivity index (χ0n) is 11.0. The van der Waals surface area contributed by atoms with Gasteiger partial charge < -0.3 is 19.9 Å². The lowest BCUT2D eigenvalue weighted by molar-refractivity contribution is -0.142. The molecule has 0 bridgehead atoms. The highest BCUT2D eigenvalue weighted by molar-refractivity contribution is 6.30. The fourth-order valence-electron chi connectivity index (χ4n) is 1.54. The Labute approximate surface area is 121 Å². The van der Waals surface area contributed by atoms with Gasteiger partial charge in [-0.2, -0.15) is 0 Å². The summed E-state index contributed by atoms with van der Waals surface area (Å²) in [4.78, 5) is 21.9. The molecule has 1 amide bonds. The highest BCUT2D eigenvalue weighted by Crippen LogP contribution is 2.22. The third-order valence-electron chi connectivity index (χ3n) is 2.39. The number of ether oxygens (including phenoxy) is 2. The lowest BCUT2D eigenvalue weighted by atomic mass is 10.1. The fourth-order valence-corrected chi connectivity index (χ4v) is 1.74. The van der Waals surface area contributed by atoms with Gasteiger partial charge in [0, 0.05) is 17.1 Å². The topological polar surface area (TPSA) is 84.9 Å². The average molecular weight is 302 g/mol. The summed E-state index contributed by atoms with van der Waals surface area (Å²) in [5.74, 6) is -0.670. The number of nitrogens with one attached hydrogen (secondary N) is 1. The van der Waals surface area contributed by atoms with Gasteiger partial charge in [-0.15, -0.1) is 0 Å². The van der Waals surface area contributed by atoms with Crippen molar-refractivity contribution in [3.63, 3.8) is 0 Å². The molecule has 0 saturated heterocycles. The van der Waals surface area contributed by atoms with E-state index in [-0.39, 0.29) is 32.1 Å². The number of benzene rings is 1. The molecule has 1 aromatic rings. The van der Waals surface area contributed by atoms with Gasteiger partial charge in [0.2, 0.25) is 5.91 Å². The quantitative estimate of drug-likeness (QED) is 0.703. The first-order chi connectivity index (χ1) is 9.52. The van der Waals surface area contributed by atoms with Gasteiger partial charge in [0.1, 0.15) is 12.4 Å². The van der Waals surface area contributed by atoms with Crippen molar-refractivity contribution in [2.45, 2.75) is 6.42 Å². The second-order valence-electron chi connectivity index (χ2n) is 3.93. The summed E-state index contributed by atoms with van der Waals surface area (Å²) in [6.45, 7) is 0.0116. The lowest BCUT2D eigenvalue weighted by Crippen LogP contribution is -2.29. The smallest absolute Gasteiger partial charge is 0.329 e. The number of carbonyl (C=O) groups excluding carboxylic acids is 1. The Bertz CT molecular complexity index is 478. The van der Waals surface area contributed by atoms with Crippen molar-refractivity contribution in [1.82, 2.24) is 5.32 Å². The molecule has 0 fully saturated rings. The van der Waals surface area contributed by atoms with Crippen molar-refractivity contribution >= 4 is 23.5 Å². The normalized spacial score (nSPS) is 10.1. The van der Waals surface area contributed by atoms with E-state index in [9.17, 15) is 9.59 Å². The molecule has 7 heteroatoms. The molecule has 110 valence electrons. The first-order valence-electron chi connectivity index (χ1n) is 5.91. The molecule has 0 aliphatic carbocycles. The van der Waals surface area contributed by atoms with Gasteiger partial charge in [-0.25, -0.2) is 4.79 Å². The number of hydrogen-bond donors (Lipinski definition) is 2. The van der Waals surface area contributed by atoms with Gasteiger partial charge in [-0.1, -0.05) is 11.6 Å². The number of rotatable bonds is 8. The molecule has 0 atom stereocenters. The lowest BCUT2D eigenvalue weighted by Gasteiger charge is -2.09. The van der Waals surface area contributed by atoms with Gasteiger partial charge >= 0.3 is 5.97 Å². The number of methoxy groups -OCH3 is 1. The van der Waals surface area contributed by atoms with Crippen LogP contribution in [-0.4, -0.2) is 43.9 Å². The van der Waals surface area contributed by atoms with Crippen molar-refractivity contribution in [2.75, 3.05) is 26.9 Å². The van der Waals surface area contributed by atoms with Crippen LogP contribution in [0.5, 0.6) is 5.75 Å². The molecule has 20 heavy (non-hydrogen) atoms. The number of halogens is 1. The first-order valence-corrected chi connectivity index (χ1v) is 6.29. The Kier molecular flexibility index (Phi) is 6.83. The van der Waals surface area contributed by atoms with Crippen molar-refractivity contribution < 1.29 is 24.2 Å². The van der Waals surface area contributed by atoms with E-state index in [0.717, 1.165) is 0 Å². The number of hydrogen-bond acceptors (Lipinski definition) is 4. The van der Waals surface area contributed by atoms with Crippen molar-refractivity contribution in [2.24, 2.45) is 0 Å². The van der Waals surface area contributed by atoms with Crippen LogP contribution < -0.4 is 10.1 Å². The molecular weight excluding hydrogens is 286 g/mol. The average Bonchev–Trinajstić information content (AvgIpc) is 2.38. The maximum atomic E-state index is 11.7. The van der Waals surface area contributed by atoms with E-state index in [1.54, 1.807) is 18.2 Å². The standard InChI is InChI=1S/C13H16ClNO5/c1-19-11-3-2-10(14)6-9(11)7-12(16)15-4-5-20-8-13(17)18/h2-3,6H,4-5,7-8H2,1H3,(H,15,16)(H,17,18). The van der Waals surface area contributed by atoms with E-state index >= 15 is 0 Å². The molecule has 0 saturated carbocycles. The molecule has 6 nitrogen and oxygen atoms in total. The minimum Gasteiger partial charge on any atom is -0.496 e. The molecule has 2 N–H and O–H groups in total. The second-order valence-corrected chi connectivity index (χ2v) is 4.37. The molecule has 1 aromatic carbocycles. The van der Waals surface area contributed by atoms with E-state index in [4.69, 9.17) is 26.2 Å². The van der Waals surface area contributed by atoms with Crippen LogP contribution in [0.25, 0.3) is 0 Å². The number of carbonyl (C=O) groups is 2. The van der Waals surface area contributed by atoms with E-state index in [0.29, 0.717) is 16.3 Å². The maximum absolute atomic E-state index is 11.7. The Morgan fingerprint density at radius 3 is 2.80 bits per heavy atom. The number of aliphatic carboxylic acids is 1. The first kappa shape index (κ1) is 16.3. The predicted octanol–water partition coefficient (Wildman–Crippen LogP) is 1.11. The Hall–Kier alpha value is -1.79. The fraction of sp³-hybridized carbons (Fsp3) is 0.385. The van der Waals surface area contributed by atoms with Crippen LogP contribution in [0.2, 0.25) is 5.02 Å². The van der Waals surface area contributed by atoms with Gasteiger partial charge in [-0.3, -0.25) is 4.79 Å². The molecule has 0 spiro atoms. The van der Waals surface area contributed by atoms with Crippen LogP contribution in [0.4, 0.5) is 0 Å². The summed E-state index contributed by atoms with van der Waals surface area (Å²) in [7, 11) is 1.52. The molecule has 1 rings (SSSR count). The molecular formula is C13H16ClNO5. The summed E-state index contributed by atoms with van der Waals surface area (Å²) in [6.07, 6.45) is 0.128. The van der Waals surface area contributed by atoms with Crippen LogP contribution >= 0.6 is 11.6 Å². The molecule has 0 heterocycles. The molecule has 0 unspecified atom stereocenters. The minimum absolute atomic E-state index is 0.128. The van der Waals surface area contributed by atoms with Crippen LogP contribution in [0.15, 0.2) is 18.2 Å². The van der Waals surface area contributed by atoms with Gasteiger partial charge in [0.25, 0.3) is 0 Å². The molecule has 0 aromatic heterocycles. The van der Waals surface area contributed by atoms with Crippen molar-refractivity contribution in [3.8, 4) is 5.75 Å². The maximum Gasteiger partial charge on any atom is 0.329 e. The Morgan fingerprint density at radius 1 is 1.40 bits per heavy atom. The van der Waals surface area contributed by atoms with Gasteiger partial charge in [-0.05, 0) is 18.2 Å². The van der Waals surface area contributed by atoms with Crippen molar-refractivity contribution in [3.05, 3.63) is 28.8 Å². The van der Waals surface area contributed by atoms with Crippen LogP contribution in [0.1, 0.15) is 5.56 Å². The van der Waals surface area contributed by atoms with E-state index in [1.807, 2.05) is 0 Å². The number of carboxylic acid groups (broad SMARTS) is 1. The monoisotopic (exact) mass is 301 g/mol. The Morgan fingerprint density at radius 2 is 2.15 bits per heavy atom. The Balaban J connectivity index is 2.38. The molecule has 0 radical (unpaired) electrons. The van der Waals surface area contributed by atoms with E-state index in [2.05, 4.69) is 5.32 Å².